The smallest absolute Gasteiger partial charge is 0.410 e. The summed E-state index contributed by atoms with van der Waals surface area (Å²) in [6.07, 6.45) is 11.2. The number of rotatable bonds is 5. The second-order valence-corrected chi connectivity index (χ2v) is 10.0. The number of cyclic esters (lactones) is 1. The maximum Gasteiger partial charge on any atom is 0.410 e. The topological polar surface area (TPSA) is 55.6 Å². The van der Waals surface area contributed by atoms with Crippen LogP contribution in [0.5, 0.6) is 0 Å². The van der Waals surface area contributed by atoms with E-state index in [1.54, 1.807) is 0 Å². The van der Waals surface area contributed by atoms with Crippen LogP contribution in [0.3, 0.4) is 0 Å². The summed E-state index contributed by atoms with van der Waals surface area (Å²) in [6, 6.07) is 18.7. The van der Waals surface area contributed by atoms with Crippen molar-refractivity contribution in [3.8, 4) is 83.9 Å². The van der Waals surface area contributed by atoms with Crippen molar-refractivity contribution in [2.24, 2.45) is 5.73 Å². The number of hydrogen-bond donors (Lipinski definition) is 1. The van der Waals surface area contributed by atoms with Crippen molar-refractivity contribution in [3.05, 3.63) is 70.7 Å². The van der Waals surface area contributed by atoms with Gasteiger partial charge in [-0.15, -0.1) is 12.8 Å². The summed E-state index contributed by atoms with van der Waals surface area (Å²) in [6.45, 7) is 1.07. The van der Waals surface area contributed by atoms with Gasteiger partial charge in [-0.3, -0.25) is 4.90 Å². The summed E-state index contributed by atoms with van der Waals surface area (Å²) in [5, 5.41) is 0.749. The molecule has 1 heterocycles. The van der Waals surface area contributed by atoms with Crippen LogP contribution in [0.15, 0.2) is 54.6 Å². The van der Waals surface area contributed by atoms with Crippen molar-refractivity contribution < 1.29 is 10.9 Å². The van der Waals surface area contributed by atoms with Crippen molar-refractivity contribution in [2.45, 2.75) is 49.6 Å². The van der Waals surface area contributed by atoms with Gasteiger partial charge in [0.25, 0.3) is 0 Å². The van der Waals surface area contributed by atoms with Crippen LogP contribution in [0.25, 0.3) is 0 Å². The van der Waals surface area contributed by atoms with E-state index in [4.69, 9.17) is 29.9 Å². The van der Waals surface area contributed by atoms with Gasteiger partial charge in [-0.05, 0) is 126 Å². The molecule has 206 valence electrons. The molecule has 0 spiro atoms. The van der Waals surface area contributed by atoms with Crippen LogP contribution in [-0.4, -0.2) is 36.2 Å². The predicted molar refractivity (Wildman–Crippen MR) is 168 cm³/mol. The minimum atomic E-state index is -0.172. The van der Waals surface area contributed by atoms with E-state index in [9.17, 15) is 4.79 Å². The molecule has 5 heteroatoms. The molecule has 2 fully saturated rings. The third-order valence-electron chi connectivity index (χ3n) is 7.15. The predicted octanol–water partition coefficient (Wildman–Crippen LogP) is 4.81. The fourth-order valence-electron chi connectivity index (χ4n) is 5.14. The highest BCUT2D eigenvalue weighted by Gasteiger charge is 2.43. The summed E-state index contributed by atoms with van der Waals surface area (Å²) < 4.78 is 11.9. The largest absolute Gasteiger partial charge is 0.447 e. The average Bonchev–Trinajstić information content (AvgIpc) is 3.40. The fraction of sp³-hybridized carbons (Fsp3) is 0.270. The zero-order chi connectivity index (χ0) is 30.8. The maximum absolute atomic E-state index is 12.5. The van der Waals surface area contributed by atoms with E-state index in [1.807, 2.05) is 47.7 Å². The molecule has 0 bridgehead atoms. The number of carbonyl (C=O) groups excluding carboxylic acids is 1. The second-order valence-electron chi connectivity index (χ2n) is 9.57. The normalized spacial score (nSPS) is 19.8. The minimum Gasteiger partial charge on any atom is -0.447 e. The first-order valence-corrected chi connectivity index (χ1v) is 13.7. The highest BCUT2D eigenvalue weighted by molar-refractivity contribution is 6.30. The number of ether oxygens (including phenoxy) is 1. The number of benzene rings is 2. The molecule has 1 aliphatic carbocycles. The molecule has 2 aromatic carbocycles. The van der Waals surface area contributed by atoms with Crippen LogP contribution in [0.2, 0.25) is 5.02 Å². The van der Waals surface area contributed by atoms with Gasteiger partial charge in [0.15, 0.2) is 0 Å². The van der Waals surface area contributed by atoms with E-state index in [2.05, 4.69) is 89.2 Å². The maximum atomic E-state index is 12.5. The Balaban J connectivity index is 0.000000289. The Kier molecular flexibility index (Phi) is 12.0. The summed E-state index contributed by atoms with van der Waals surface area (Å²) >= 11 is 6.22. The monoisotopic (exact) mass is 569 g/mol. The van der Waals surface area contributed by atoms with Crippen LogP contribution < -0.4 is 5.73 Å². The molecule has 1 saturated carbocycles. The van der Waals surface area contributed by atoms with E-state index in [0.29, 0.717) is 13.2 Å². The van der Waals surface area contributed by atoms with E-state index in [1.165, 1.54) is 11.1 Å². The van der Waals surface area contributed by atoms with E-state index in [0.717, 1.165) is 37.1 Å². The summed E-state index contributed by atoms with van der Waals surface area (Å²) in [7, 11) is 0. The lowest BCUT2D eigenvalue weighted by atomic mass is 9.68. The fourth-order valence-corrected chi connectivity index (χ4v) is 5.33. The molecular formula is C37H29ClN2O2. The lowest BCUT2D eigenvalue weighted by Gasteiger charge is -2.43. The molecule has 0 aromatic heterocycles. The molecular weight excluding hydrogens is 540 g/mol. The van der Waals surface area contributed by atoms with Gasteiger partial charge in [-0.2, -0.15) is 0 Å². The first-order valence-electron chi connectivity index (χ1n) is 13.9. The van der Waals surface area contributed by atoms with Crippen molar-refractivity contribution in [1.82, 2.24) is 4.90 Å². The lowest BCUT2D eigenvalue weighted by molar-refractivity contribution is 0.117. The van der Waals surface area contributed by atoms with Crippen LogP contribution >= 0.6 is 11.6 Å². The van der Waals surface area contributed by atoms with E-state index in [-0.39, 0.29) is 23.6 Å². The van der Waals surface area contributed by atoms with Crippen LogP contribution in [0, 0.1) is 83.9 Å². The SMILES string of the molecule is NCC1(c2cccc(Cl)c2)CCC(N2C(=O)OC[C@H]2Cc2ccccc2)CC1.[2H]C#CC#CC#CC#CC#CC#CC#C. The van der Waals surface area contributed by atoms with E-state index < -0.39 is 0 Å². The highest BCUT2D eigenvalue weighted by Crippen LogP contribution is 2.42. The lowest BCUT2D eigenvalue weighted by Crippen LogP contribution is -2.49. The number of nitrogens with two attached hydrogens (primary N) is 1. The van der Waals surface area contributed by atoms with E-state index >= 15 is 0 Å². The molecule has 0 radical (unpaired) electrons. The Labute approximate surface area is 256 Å². The van der Waals surface area contributed by atoms with Crippen LogP contribution in [0.1, 0.15) is 38.2 Å². The van der Waals surface area contributed by atoms with Crippen LogP contribution in [-0.2, 0) is 16.6 Å². The highest BCUT2D eigenvalue weighted by atomic mass is 35.5. The number of halogens is 1. The molecule has 1 saturated heterocycles. The third-order valence-corrected chi connectivity index (χ3v) is 7.38. The van der Waals surface area contributed by atoms with Crippen molar-refractivity contribution in [2.75, 3.05) is 13.2 Å². The minimum absolute atomic E-state index is 0.0556. The van der Waals surface area contributed by atoms with Gasteiger partial charge in [-0.25, -0.2) is 4.79 Å². The second kappa shape index (κ2) is 16.9. The van der Waals surface area contributed by atoms with Crippen LogP contribution in [0.4, 0.5) is 4.79 Å². The molecule has 4 nitrogen and oxygen atoms in total. The van der Waals surface area contributed by atoms with Gasteiger partial charge in [0.1, 0.15) is 7.98 Å². The molecule has 4 rings (SSSR count). The molecule has 1 aliphatic heterocycles. The Hall–Kier alpha value is -5.12. The summed E-state index contributed by atoms with van der Waals surface area (Å²) in [4.78, 5) is 14.5. The number of nitrogens with zero attached hydrogens (tertiary/aromatic N) is 1. The molecule has 2 aromatic rings. The number of terminal acetylenes is 2. The molecule has 2 aliphatic rings. The zero-order valence-corrected chi connectivity index (χ0v) is 23.9. The number of carbonyl (C=O) groups is 1. The zero-order valence-electron chi connectivity index (χ0n) is 24.1. The average molecular weight is 570 g/mol. The summed E-state index contributed by atoms with van der Waals surface area (Å²) in [5.41, 5.74) is 8.62. The van der Waals surface area contributed by atoms with Gasteiger partial charge < -0.3 is 10.5 Å². The number of hydrogen-bond acceptors (Lipinski definition) is 3. The Morgan fingerprint density at radius 2 is 1.55 bits per heavy atom. The molecule has 1 amide bonds. The molecule has 0 unspecified atom stereocenters. The molecule has 42 heavy (non-hydrogen) atoms. The van der Waals surface area contributed by atoms with Crippen molar-refractivity contribution in [1.29, 1.82) is 0 Å². The van der Waals surface area contributed by atoms with Gasteiger partial charge in [0.05, 0.1) is 6.04 Å². The van der Waals surface area contributed by atoms with Gasteiger partial charge in [-0.1, -0.05) is 54.1 Å². The third kappa shape index (κ3) is 9.22. The van der Waals surface area contributed by atoms with Crippen molar-refractivity contribution in [3.63, 3.8) is 0 Å². The first-order chi connectivity index (χ1) is 21.0. The van der Waals surface area contributed by atoms with Gasteiger partial charge >= 0.3 is 6.09 Å². The van der Waals surface area contributed by atoms with Crippen molar-refractivity contribution >= 4 is 17.7 Å². The molecule has 2 N–H and O–H groups in total. The van der Waals surface area contributed by atoms with Gasteiger partial charge in [0.2, 0.25) is 0 Å². The summed E-state index contributed by atoms with van der Waals surface area (Å²) in [5.74, 6) is 28.3. The Bertz CT molecular complexity index is 1700. The Morgan fingerprint density at radius 3 is 2.12 bits per heavy atom. The molecule has 1 atom stereocenters. The number of amides is 1. The van der Waals surface area contributed by atoms with Gasteiger partial charge in [0, 0.05) is 23.0 Å². The standard InChI is InChI=1S/C23H27ClN2O2.C14H2/c24-19-8-4-7-18(14-19)23(16-25)11-9-20(10-12-23)26-21(15-28-22(26)27)13-17-5-2-1-3-6-17;1-3-5-7-9-11-13-14-12-10-8-6-4-2/h1-8,14,20-21H,9-13,15-16,25H2;1-2H/t20?,21-,23?;/m1./s1/i;1D. The Morgan fingerprint density at radius 1 is 0.929 bits per heavy atom. The quantitative estimate of drug-likeness (QED) is 0.526. The first kappa shape index (κ1) is 29.9.